The number of carbonyl (C=O) groups is 2. The second-order valence-corrected chi connectivity index (χ2v) is 6.25. The third kappa shape index (κ3) is 4.67. The second kappa shape index (κ2) is 7.71. The number of halogens is 2. The number of ether oxygens (including phenoxy) is 2. The average molecular weight is 391 g/mol. The smallest absolute Gasteiger partial charge is 0.395 e. The number of nitrogens with one attached hydrogen (secondary N) is 3. The Bertz CT molecular complexity index is 918. The highest BCUT2D eigenvalue weighted by atomic mass is 19.3. The van der Waals surface area contributed by atoms with Crippen LogP contribution in [-0.4, -0.2) is 31.2 Å². The van der Waals surface area contributed by atoms with Gasteiger partial charge in [0.2, 0.25) is 11.8 Å². The average Bonchev–Trinajstić information content (AvgIpc) is 2.95. The molecular formula is C19H19F2N3O4. The van der Waals surface area contributed by atoms with Crippen LogP contribution in [0.5, 0.6) is 11.5 Å². The molecule has 2 aromatic rings. The first-order chi connectivity index (χ1) is 13.2. The molecule has 0 fully saturated rings. The number of aryl methyl sites for hydroxylation is 1. The Morgan fingerprint density at radius 3 is 2.54 bits per heavy atom. The molecule has 1 aliphatic rings. The lowest BCUT2D eigenvalue weighted by Crippen LogP contribution is -2.36. The summed E-state index contributed by atoms with van der Waals surface area (Å²) in [5.74, 6) is -0.988. The Balaban J connectivity index is 1.45. The number of carbonyl (C=O) groups excluding carboxylic acids is 2. The van der Waals surface area contributed by atoms with E-state index in [-0.39, 0.29) is 30.5 Å². The standard InChI is InChI=1S/C19H19F2N3O4/c1-11-4-3-5-14(12(11)2)24-18(26)10-23-17(25)9-22-13-6-7-15-16(8-13)28-19(20,21)27-15/h3-8,22H,9-10H2,1-2H3,(H,23,25)(H,24,26). The summed E-state index contributed by atoms with van der Waals surface area (Å²) in [6.45, 7) is 3.50. The van der Waals surface area contributed by atoms with E-state index in [1.807, 2.05) is 26.0 Å². The van der Waals surface area contributed by atoms with Crippen LogP contribution in [0.4, 0.5) is 20.2 Å². The molecule has 1 heterocycles. The van der Waals surface area contributed by atoms with Gasteiger partial charge in [0.15, 0.2) is 11.5 Å². The zero-order chi connectivity index (χ0) is 20.3. The van der Waals surface area contributed by atoms with E-state index in [1.54, 1.807) is 6.07 Å². The van der Waals surface area contributed by atoms with Crippen molar-refractivity contribution in [3.63, 3.8) is 0 Å². The zero-order valence-electron chi connectivity index (χ0n) is 15.3. The number of benzene rings is 2. The van der Waals surface area contributed by atoms with Crippen LogP contribution in [0.2, 0.25) is 0 Å². The highest BCUT2D eigenvalue weighted by molar-refractivity contribution is 5.95. The SMILES string of the molecule is Cc1cccc(NC(=O)CNC(=O)CNc2ccc3c(c2)OC(F)(F)O3)c1C. The monoisotopic (exact) mass is 391 g/mol. The molecule has 0 unspecified atom stereocenters. The fourth-order valence-electron chi connectivity index (χ4n) is 2.56. The summed E-state index contributed by atoms with van der Waals surface area (Å²) < 4.78 is 34.6. The number of hydrogen-bond donors (Lipinski definition) is 3. The van der Waals surface area contributed by atoms with E-state index in [9.17, 15) is 18.4 Å². The van der Waals surface area contributed by atoms with Crippen molar-refractivity contribution in [3.8, 4) is 11.5 Å². The van der Waals surface area contributed by atoms with Gasteiger partial charge in [-0.25, -0.2) is 0 Å². The lowest BCUT2D eigenvalue weighted by molar-refractivity contribution is -0.286. The molecule has 2 amide bonds. The van der Waals surface area contributed by atoms with E-state index in [0.717, 1.165) is 11.1 Å². The van der Waals surface area contributed by atoms with Crippen LogP contribution >= 0.6 is 0 Å². The molecule has 0 aliphatic carbocycles. The van der Waals surface area contributed by atoms with Gasteiger partial charge in [-0.15, -0.1) is 8.78 Å². The molecule has 0 spiro atoms. The van der Waals surface area contributed by atoms with Crippen LogP contribution in [0.3, 0.4) is 0 Å². The van der Waals surface area contributed by atoms with Crippen molar-refractivity contribution in [2.75, 3.05) is 23.7 Å². The first-order valence-corrected chi connectivity index (χ1v) is 8.50. The highest BCUT2D eigenvalue weighted by Gasteiger charge is 2.43. The van der Waals surface area contributed by atoms with E-state index in [0.29, 0.717) is 11.4 Å². The molecule has 2 aromatic carbocycles. The Kier molecular flexibility index (Phi) is 5.34. The molecule has 0 atom stereocenters. The maximum atomic E-state index is 13.0. The molecule has 3 rings (SSSR count). The first kappa shape index (κ1) is 19.4. The van der Waals surface area contributed by atoms with Crippen molar-refractivity contribution in [2.24, 2.45) is 0 Å². The van der Waals surface area contributed by atoms with Gasteiger partial charge in [-0.2, -0.15) is 0 Å². The lowest BCUT2D eigenvalue weighted by Gasteiger charge is -2.11. The summed E-state index contributed by atoms with van der Waals surface area (Å²) >= 11 is 0. The van der Waals surface area contributed by atoms with E-state index < -0.39 is 12.2 Å². The van der Waals surface area contributed by atoms with Crippen LogP contribution in [-0.2, 0) is 9.59 Å². The van der Waals surface area contributed by atoms with Crippen LogP contribution in [0.1, 0.15) is 11.1 Å². The minimum atomic E-state index is -3.69. The van der Waals surface area contributed by atoms with Crippen LogP contribution in [0.15, 0.2) is 36.4 Å². The van der Waals surface area contributed by atoms with Crippen LogP contribution < -0.4 is 25.4 Å². The van der Waals surface area contributed by atoms with Gasteiger partial charge in [-0.05, 0) is 43.2 Å². The Labute approximate surface area is 160 Å². The number of anilines is 2. The zero-order valence-corrected chi connectivity index (χ0v) is 15.3. The predicted molar refractivity (Wildman–Crippen MR) is 98.7 cm³/mol. The summed E-state index contributed by atoms with van der Waals surface area (Å²) in [4.78, 5) is 23.9. The molecule has 1 aliphatic heterocycles. The molecular weight excluding hydrogens is 372 g/mol. The summed E-state index contributed by atoms with van der Waals surface area (Å²) in [6.07, 6.45) is -3.69. The maximum Gasteiger partial charge on any atom is 0.586 e. The molecule has 3 N–H and O–H groups in total. The quantitative estimate of drug-likeness (QED) is 0.705. The van der Waals surface area contributed by atoms with Gasteiger partial charge < -0.3 is 25.4 Å². The van der Waals surface area contributed by atoms with Gasteiger partial charge in [-0.3, -0.25) is 9.59 Å². The highest BCUT2D eigenvalue weighted by Crippen LogP contribution is 2.42. The summed E-state index contributed by atoms with van der Waals surface area (Å²) in [5, 5.41) is 7.99. The largest absolute Gasteiger partial charge is 0.586 e. The second-order valence-electron chi connectivity index (χ2n) is 6.25. The van der Waals surface area contributed by atoms with Crippen LogP contribution in [0.25, 0.3) is 0 Å². The fraction of sp³-hybridized carbons (Fsp3) is 0.263. The third-order valence-corrected chi connectivity index (χ3v) is 4.18. The fourth-order valence-corrected chi connectivity index (χ4v) is 2.56. The van der Waals surface area contributed by atoms with E-state index >= 15 is 0 Å². The molecule has 0 radical (unpaired) electrons. The van der Waals surface area contributed by atoms with Crippen molar-refractivity contribution >= 4 is 23.2 Å². The topological polar surface area (TPSA) is 88.7 Å². The van der Waals surface area contributed by atoms with Crippen molar-refractivity contribution in [2.45, 2.75) is 20.1 Å². The van der Waals surface area contributed by atoms with Crippen molar-refractivity contribution in [3.05, 3.63) is 47.5 Å². The minimum absolute atomic E-state index is 0.0804. The van der Waals surface area contributed by atoms with Gasteiger partial charge in [0.05, 0.1) is 13.1 Å². The Morgan fingerprint density at radius 1 is 1.00 bits per heavy atom. The molecule has 9 heteroatoms. The van der Waals surface area contributed by atoms with Gasteiger partial charge >= 0.3 is 6.29 Å². The van der Waals surface area contributed by atoms with Crippen LogP contribution in [0, 0.1) is 13.8 Å². The maximum absolute atomic E-state index is 13.0. The number of amides is 2. The van der Waals surface area contributed by atoms with Gasteiger partial charge in [0.25, 0.3) is 0 Å². The lowest BCUT2D eigenvalue weighted by atomic mass is 10.1. The van der Waals surface area contributed by atoms with Crippen molar-refractivity contribution in [1.29, 1.82) is 0 Å². The van der Waals surface area contributed by atoms with Gasteiger partial charge in [0, 0.05) is 17.4 Å². The van der Waals surface area contributed by atoms with Gasteiger partial charge in [0.1, 0.15) is 0 Å². The molecule has 0 saturated carbocycles. The Hall–Kier alpha value is -3.36. The molecule has 148 valence electrons. The molecule has 0 saturated heterocycles. The first-order valence-electron chi connectivity index (χ1n) is 8.50. The molecule has 0 aromatic heterocycles. The number of rotatable bonds is 6. The summed E-state index contributed by atoms with van der Waals surface area (Å²) in [5.41, 5.74) is 3.09. The van der Waals surface area contributed by atoms with E-state index in [2.05, 4.69) is 25.4 Å². The molecule has 7 nitrogen and oxygen atoms in total. The Morgan fingerprint density at radius 2 is 1.75 bits per heavy atom. The van der Waals surface area contributed by atoms with Crippen molar-refractivity contribution < 1.29 is 27.8 Å². The number of fused-ring (bicyclic) bond motifs is 1. The third-order valence-electron chi connectivity index (χ3n) is 4.18. The summed E-state index contributed by atoms with van der Waals surface area (Å²) in [6, 6.07) is 9.65. The van der Waals surface area contributed by atoms with E-state index in [4.69, 9.17) is 0 Å². The minimum Gasteiger partial charge on any atom is -0.395 e. The van der Waals surface area contributed by atoms with Crippen molar-refractivity contribution in [1.82, 2.24) is 5.32 Å². The predicted octanol–water partition coefficient (Wildman–Crippen LogP) is 2.79. The summed E-state index contributed by atoms with van der Waals surface area (Å²) in [7, 11) is 0. The number of hydrogen-bond acceptors (Lipinski definition) is 5. The molecule has 28 heavy (non-hydrogen) atoms. The normalized spacial score (nSPS) is 13.7. The van der Waals surface area contributed by atoms with E-state index in [1.165, 1.54) is 18.2 Å². The number of alkyl halides is 2. The molecule has 0 bridgehead atoms. The van der Waals surface area contributed by atoms with Gasteiger partial charge in [-0.1, -0.05) is 12.1 Å².